The highest BCUT2D eigenvalue weighted by atomic mass is 35.5. The molecule has 9 heteroatoms. The van der Waals surface area contributed by atoms with E-state index < -0.39 is 18.2 Å². The number of carbonyl (C=O) groups is 2. The van der Waals surface area contributed by atoms with Crippen LogP contribution in [-0.2, 0) is 14.3 Å². The number of esters is 1. The minimum atomic E-state index is -1.03. The molecule has 0 aliphatic rings. The number of carbonyl (C=O) groups excluding carboxylic acids is 1. The van der Waals surface area contributed by atoms with Gasteiger partial charge in [-0.15, -0.1) is 12.4 Å². The van der Waals surface area contributed by atoms with Crippen molar-refractivity contribution in [2.45, 2.75) is 144 Å². The van der Waals surface area contributed by atoms with E-state index >= 15 is 0 Å². The number of rotatable bonds is 29. The van der Waals surface area contributed by atoms with Gasteiger partial charge in [0.1, 0.15) is 24.6 Å². The standard InChI is InChI=1S/C36H64N2O6.ClH/c1-6-10-12-14-16-18-20-22-24-42-33-26-32(27-34(28-33)43-25-23-21-19-17-15-13-11-7-2)38(29-35(39)40)30-36(41)44-31(5)37(8-3)9-4;/h26-28,31H,6-25,29-30H2,1-5H3,(H,39,40);1H. The maximum absolute atomic E-state index is 12.9. The average Bonchev–Trinajstić information content (AvgIpc) is 2.99. The van der Waals surface area contributed by atoms with E-state index in [9.17, 15) is 14.7 Å². The van der Waals surface area contributed by atoms with Gasteiger partial charge in [0, 0.05) is 23.9 Å². The predicted octanol–water partition coefficient (Wildman–Crippen LogP) is 9.27. The molecule has 8 nitrogen and oxygen atoms in total. The van der Waals surface area contributed by atoms with Crippen molar-refractivity contribution in [3.63, 3.8) is 0 Å². The van der Waals surface area contributed by atoms with Gasteiger partial charge < -0.3 is 24.2 Å². The van der Waals surface area contributed by atoms with E-state index in [0.29, 0.717) is 30.4 Å². The SMILES string of the molecule is CCCCCCCCCCOc1cc(OCCCCCCCCCC)cc(N(CC(=O)O)CC(=O)OC(C)N(CC)CC)c1.Cl. The average molecular weight is 657 g/mol. The summed E-state index contributed by atoms with van der Waals surface area (Å²) in [6, 6.07) is 5.48. The van der Waals surface area contributed by atoms with Crippen molar-refractivity contribution < 1.29 is 28.9 Å². The maximum atomic E-state index is 12.9. The Morgan fingerprint density at radius 1 is 0.667 bits per heavy atom. The second kappa shape index (κ2) is 28.1. The second-order valence-electron chi connectivity index (χ2n) is 11.9. The number of unbranched alkanes of at least 4 members (excludes halogenated alkanes) is 14. The fraction of sp³-hybridized carbons (Fsp3) is 0.778. The van der Waals surface area contributed by atoms with Crippen LogP contribution in [-0.4, -0.2) is 67.6 Å². The van der Waals surface area contributed by atoms with Crippen LogP contribution in [0.3, 0.4) is 0 Å². The normalized spacial score (nSPS) is 11.6. The zero-order valence-corrected chi connectivity index (χ0v) is 30.0. The Kier molecular flexibility index (Phi) is 26.7. The van der Waals surface area contributed by atoms with Crippen LogP contribution in [0.4, 0.5) is 5.69 Å². The number of carboxylic acids is 1. The molecule has 1 N–H and O–H groups in total. The van der Waals surface area contributed by atoms with Crippen LogP contribution in [0.5, 0.6) is 11.5 Å². The molecule has 45 heavy (non-hydrogen) atoms. The molecule has 1 unspecified atom stereocenters. The van der Waals surface area contributed by atoms with Crippen LogP contribution < -0.4 is 14.4 Å². The highest BCUT2D eigenvalue weighted by Gasteiger charge is 2.21. The van der Waals surface area contributed by atoms with Crippen molar-refractivity contribution in [3.8, 4) is 11.5 Å². The summed E-state index contributed by atoms with van der Waals surface area (Å²) in [5.74, 6) is -0.258. The number of nitrogens with zero attached hydrogens (tertiary/aromatic N) is 2. The van der Waals surface area contributed by atoms with E-state index in [4.69, 9.17) is 14.2 Å². The fourth-order valence-corrected chi connectivity index (χ4v) is 5.36. The smallest absolute Gasteiger partial charge is 0.327 e. The molecule has 262 valence electrons. The summed E-state index contributed by atoms with van der Waals surface area (Å²) in [7, 11) is 0. The highest BCUT2D eigenvalue weighted by molar-refractivity contribution is 5.85. The first kappa shape index (κ1) is 42.8. The first-order valence-electron chi connectivity index (χ1n) is 17.6. The lowest BCUT2D eigenvalue weighted by molar-refractivity contribution is -0.155. The largest absolute Gasteiger partial charge is 0.493 e. The van der Waals surface area contributed by atoms with E-state index in [1.54, 1.807) is 12.1 Å². The monoisotopic (exact) mass is 656 g/mol. The topological polar surface area (TPSA) is 88.5 Å². The van der Waals surface area contributed by atoms with E-state index in [1.165, 1.54) is 81.9 Å². The number of aliphatic carboxylic acids is 1. The van der Waals surface area contributed by atoms with E-state index in [0.717, 1.165) is 38.8 Å². The van der Waals surface area contributed by atoms with Gasteiger partial charge in [-0.25, -0.2) is 0 Å². The van der Waals surface area contributed by atoms with Crippen LogP contribution in [0.15, 0.2) is 18.2 Å². The van der Waals surface area contributed by atoms with Crippen LogP contribution >= 0.6 is 12.4 Å². The molecule has 0 aliphatic carbocycles. The van der Waals surface area contributed by atoms with Crippen LogP contribution in [0, 0.1) is 0 Å². The summed E-state index contributed by atoms with van der Waals surface area (Å²) in [5.41, 5.74) is 0.569. The van der Waals surface area contributed by atoms with Crippen LogP contribution in [0.2, 0.25) is 0 Å². The van der Waals surface area contributed by atoms with Gasteiger partial charge in [0.15, 0.2) is 6.23 Å². The number of hydrogen-bond acceptors (Lipinski definition) is 7. The molecule has 1 aromatic carbocycles. The quantitative estimate of drug-likeness (QED) is 0.0518. The molecule has 0 saturated carbocycles. The van der Waals surface area contributed by atoms with Crippen molar-refractivity contribution in [1.82, 2.24) is 4.90 Å². The summed E-state index contributed by atoms with van der Waals surface area (Å²) in [6.07, 6.45) is 19.1. The molecule has 0 radical (unpaired) electrons. The minimum Gasteiger partial charge on any atom is -0.493 e. The number of anilines is 1. The minimum absolute atomic E-state index is 0. The molecule has 0 bridgehead atoms. The Hall–Kier alpha value is -2.19. The lowest BCUT2D eigenvalue weighted by Crippen LogP contribution is -2.40. The van der Waals surface area contributed by atoms with E-state index in [1.807, 2.05) is 31.7 Å². The fourth-order valence-electron chi connectivity index (χ4n) is 5.36. The molecular weight excluding hydrogens is 592 g/mol. The molecule has 0 aliphatic heterocycles. The van der Waals surface area contributed by atoms with Crippen molar-refractivity contribution >= 4 is 30.0 Å². The summed E-state index contributed by atoms with van der Waals surface area (Å²) in [6.45, 7) is 12.5. The zero-order valence-electron chi connectivity index (χ0n) is 29.2. The van der Waals surface area contributed by atoms with Crippen molar-refractivity contribution in [2.75, 3.05) is 44.3 Å². The van der Waals surface area contributed by atoms with Gasteiger partial charge in [-0.2, -0.15) is 0 Å². The van der Waals surface area contributed by atoms with Gasteiger partial charge >= 0.3 is 11.9 Å². The number of hydrogen-bond donors (Lipinski definition) is 1. The van der Waals surface area contributed by atoms with Gasteiger partial charge in [-0.3, -0.25) is 14.5 Å². The second-order valence-corrected chi connectivity index (χ2v) is 11.9. The summed E-state index contributed by atoms with van der Waals surface area (Å²) >= 11 is 0. The first-order valence-corrected chi connectivity index (χ1v) is 17.6. The maximum Gasteiger partial charge on any atom is 0.327 e. The molecule has 1 atom stereocenters. The van der Waals surface area contributed by atoms with Gasteiger partial charge in [-0.05, 0) is 32.9 Å². The van der Waals surface area contributed by atoms with Crippen LogP contribution in [0.1, 0.15) is 137 Å². The van der Waals surface area contributed by atoms with Crippen molar-refractivity contribution in [2.24, 2.45) is 0 Å². The summed E-state index contributed by atoms with van der Waals surface area (Å²) in [5, 5.41) is 9.66. The van der Waals surface area contributed by atoms with Gasteiger partial charge in [0.05, 0.1) is 13.2 Å². The Balaban J connectivity index is 0.0000194. The zero-order chi connectivity index (χ0) is 32.4. The number of benzene rings is 1. The molecule has 0 amide bonds. The Bertz CT molecular complexity index is 843. The van der Waals surface area contributed by atoms with E-state index in [2.05, 4.69) is 13.8 Å². The first-order chi connectivity index (χ1) is 21.3. The third-order valence-electron chi connectivity index (χ3n) is 8.04. The molecule has 0 saturated heterocycles. The van der Waals surface area contributed by atoms with Gasteiger partial charge in [-0.1, -0.05) is 118 Å². The number of carboxylic acid groups (broad SMARTS) is 1. The summed E-state index contributed by atoms with van der Waals surface area (Å²) < 4.78 is 17.9. The molecule has 0 fully saturated rings. The van der Waals surface area contributed by atoms with Gasteiger partial charge in [0.25, 0.3) is 0 Å². The third kappa shape index (κ3) is 21.3. The number of ether oxygens (including phenoxy) is 3. The number of halogens is 1. The Morgan fingerprint density at radius 3 is 1.49 bits per heavy atom. The van der Waals surface area contributed by atoms with Crippen LogP contribution in [0.25, 0.3) is 0 Å². The lowest BCUT2D eigenvalue weighted by atomic mass is 10.1. The highest BCUT2D eigenvalue weighted by Crippen LogP contribution is 2.30. The third-order valence-corrected chi connectivity index (χ3v) is 8.04. The summed E-state index contributed by atoms with van der Waals surface area (Å²) in [4.78, 5) is 28.2. The van der Waals surface area contributed by atoms with Crippen molar-refractivity contribution in [3.05, 3.63) is 18.2 Å². The molecule has 0 aromatic heterocycles. The predicted molar refractivity (Wildman–Crippen MR) is 188 cm³/mol. The molecule has 0 heterocycles. The molecule has 1 rings (SSSR count). The van der Waals surface area contributed by atoms with E-state index in [-0.39, 0.29) is 25.5 Å². The van der Waals surface area contributed by atoms with Crippen molar-refractivity contribution in [1.29, 1.82) is 0 Å². The molecule has 0 spiro atoms. The molecule has 1 aromatic rings. The van der Waals surface area contributed by atoms with Gasteiger partial charge in [0.2, 0.25) is 0 Å². The Morgan fingerprint density at radius 2 is 1.09 bits per heavy atom. The Labute approximate surface area is 281 Å². The molecular formula is C36H65ClN2O6. The lowest BCUT2D eigenvalue weighted by Gasteiger charge is -2.28.